The first kappa shape index (κ1) is 20.0. The molecule has 0 aromatic heterocycles. The van der Waals surface area contributed by atoms with E-state index in [9.17, 15) is 9.90 Å². The average molecular weight is 416 g/mol. The van der Waals surface area contributed by atoms with Crippen molar-refractivity contribution in [1.29, 1.82) is 0 Å². The zero-order valence-corrected chi connectivity index (χ0v) is 17.1. The Kier molecular flexibility index (Phi) is 6.01. The van der Waals surface area contributed by atoms with E-state index in [-0.39, 0.29) is 11.7 Å². The van der Waals surface area contributed by atoms with Crippen LogP contribution in [0.25, 0.3) is 10.8 Å². The number of carbonyl (C=O) groups is 1. The molecular weight excluding hydrogens is 394 g/mol. The molecule has 4 aromatic carbocycles. The number of rotatable bonds is 6. The van der Waals surface area contributed by atoms with Gasteiger partial charge in [0.2, 0.25) is 5.91 Å². The number of hydrogen-bond acceptors (Lipinski definition) is 2. The van der Waals surface area contributed by atoms with Crippen molar-refractivity contribution < 1.29 is 9.90 Å². The maximum absolute atomic E-state index is 12.9. The van der Waals surface area contributed by atoms with Gasteiger partial charge in [0.05, 0.1) is 6.04 Å². The quantitative estimate of drug-likeness (QED) is 0.403. The van der Waals surface area contributed by atoms with Crippen LogP contribution in [0.4, 0.5) is 0 Å². The number of fused-ring (bicyclic) bond motifs is 1. The predicted octanol–water partition coefficient (Wildman–Crippen LogP) is 6.04. The molecular formula is C26H22ClNO2. The molecule has 150 valence electrons. The van der Waals surface area contributed by atoms with E-state index in [4.69, 9.17) is 11.6 Å². The number of amides is 1. The Balaban J connectivity index is 1.68. The lowest BCUT2D eigenvalue weighted by atomic mass is 9.92. The highest BCUT2D eigenvalue weighted by atomic mass is 35.5. The molecule has 4 rings (SSSR count). The van der Waals surface area contributed by atoms with Gasteiger partial charge in [0.25, 0.3) is 0 Å². The fourth-order valence-electron chi connectivity index (χ4n) is 3.70. The van der Waals surface area contributed by atoms with Crippen molar-refractivity contribution in [2.24, 2.45) is 0 Å². The molecule has 0 bridgehead atoms. The Morgan fingerprint density at radius 1 is 0.867 bits per heavy atom. The van der Waals surface area contributed by atoms with Gasteiger partial charge in [0.15, 0.2) is 0 Å². The van der Waals surface area contributed by atoms with Crippen molar-refractivity contribution in [3.63, 3.8) is 0 Å². The normalized spacial score (nSPS) is 11.9. The number of benzene rings is 4. The molecule has 0 spiro atoms. The minimum atomic E-state index is -0.489. The molecule has 0 heterocycles. The van der Waals surface area contributed by atoms with Crippen LogP contribution in [0.15, 0.2) is 91.0 Å². The fourth-order valence-corrected chi connectivity index (χ4v) is 3.83. The van der Waals surface area contributed by atoms with E-state index < -0.39 is 6.04 Å². The molecule has 1 unspecified atom stereocenters. The molecule has 0 aliphatic rings. The lowest BCUT2D eigenvalue weighted by Crippen LogP contribution is -2.29. The van der Waals surface area contributed by atoms with E-state index >= 15 is 0 Å². The third-order valence-corrected chi connectivity index (χ3v) is 5.48. The molecule has 4 aromatic rings. The van der Waals surface area contributed by atoms with Crippen molar-refractivity contribution in [3.05, 3.63) is 113 Å². The van der Waals surface area contributed by atoms with Crippen LogP contribution in [0.2, 0.25) is 5.02 Å². The van der Waals surface area contributed by atoms with Crippen molar-refractivity contribution >= 4 is 28.3 Å². The molecule has 0 saturated heterocycles. The second kappa shape index (κ2) is 9.02. The van der Waals surface area contributed by atoms with Gasteiger partial charge >= 0.3 is 0 Å². The Bertz CT molecular complexity index is 1160. The van der Waals surface area contributed by atoms with Crippen LogP contribution >= 0.6 is 11.6 Å². The predicted molar refractivity (Wildman–Crippen MR) is 122 cm³/mol. The Labute approximate surface area is 180 Å². The lowest BCUT2D eigenvalue weighted by Gasteiger charge is -2.23. The third-order valence-electron chi connectivity index (χ3n) is 5.23. The second-order valence-corrected chi connectivity index (χ2v) is 7.69. The highest BCUT2D eigenvalue weighted by Gasteiger charge is 2.22. The highest BCUT2D eigenvalue weighted by molar-refractivity contribution is 6.30. The molecule has 0 saturated carbocycles. The number of hydrogen-bond donors (Lipinski definition) is 2. The Morgan fingerprint density at radius 2 is 1.57 bits per heavy atom. The van der Waals surface area contributed by atoms with Gasteiger partial charge in [-0.05, 0) is 46.5 Å². The number of aromatic hydroxyl groups is 1. The SMILES string of the molecule is O=C(CCc1ccccc1)NC(c1ccc(Cl)cc1)c1c(O)ccc2ccccc12. The number of aryl methyl sites for hydroxylation is 1. The maximum atomic E-state index is 12.9. The summed E-state index contributed by atoms with van der Waals surface area (Å²) in [4.78, 5) is 12.9. The molecule has 0 fully saturated rings. The molecule has 1 atom stereocenters. The van der Waals surface area contributed by atoms with Crippen molar-refractivity contribution in [2.75, 3.05) is 0 Å². The smallest absolute Gasteiger partial charge is 0.221 e. The van der Waals surface area contributed by atoms with Crippen LogP contribution in [0.3, 0.4) is 0 Å². The Hall–Kier alpha value is -3.30. The van der Waals surface area contributed by atoms with Crippen LogP contribution in [-0.2, 0) is 11.2 Å². The van der Waals surface area contributed by atoms with Crippen LogP contribution in [-0.4, -0.2) is 11.0 Å². The van der Waals surface area contributed by atoms with Crippen LogP contribution in [0, 0.1) is 0 Å². The van der Waals surface area contributed by atoms with Crippen molar-refractivity contribution in [2.45, 2.75) is 18.9 Å². The fraction of sp³-hybridized carbons (Fsp3) is 0.115. The van der Waals surface area contributed by atoms with Gasteiger partial charge < -0.3 is 10.4 Å². The molecule has 0 aliphatic carbocycles. The summed E-state index contributed by atoms with van der Waals surface area (Å²) in [5, 5.41) is 16.4. The summed E-state index contributed by atoms with van der Waals surface area (Å²) in [5.74, 6) is 0.0724. The number of phenols is 1. The summed E-state index contributed by atoms with van der Waals surface area (Å²) < 4.78 is 0. The first-order valence-corrected chi connectivity index (χ1v) is 10.3. The van der Waals surface area contributed by atoms with Gasteiger partial charge in [0, 0.05) is 17.0 Å². The van der Waals surface area contributed by atoms with Gasteiger partial charge in [-0.2, -0.15) is 0 Å². The third kappa shape index (κ3) is 4.47. The number of halogens is 1. The summed E-state index contributed by atoms with van der Waals surface area (Å²) in [6.07, 6.45) is 1.02. The van der Waals surface area contributed by atoms with Crippen molar-refractivity contribution in [1.82, 2.24) is 5.32 Å². The van der Waals surface area contributed by atoms with E-state index in [0.29, 0.717) is 23.4 Å². The lowest BCUT2D eigenvalue weighted by molar-refractivity contribution is -0.121. The Morgan fingerprint density at radius 3 is 2.33 bits per heavy atom. The minimum absolute atomic E-state index is 0.0777. The number of phenolic OH excluding ortho intramolecular Hbond substituents is 1. The van der Waals surface area contributed by atoms with Crippen LogP contribution in [0.5, 0.6) is 5.75 Å². The summed E-state index contributed by atoms with van der Waals surface area (Å²) in [6.45, 7) is 0. The molecule has 4 heteroatoms. The summed E-state index contributed by atoms with van der Waals surface area (Å²) in [6, 6.07) is 28.2. The van der Waals surface area contributed by atoms with Gasteiger partial charge in [-0.1, -0.05) is 84.4 Å². The standard InChI is InChI=1S/C26H22ClNO2/c27-21-14-11-20(12-15-21)26(28-24(30)17-10-18-6-2-1-3-7-18)25-22-9-5-4-8-19(22)13-16-23(25)29/h1-9,11-16,26,29H,10,17H2,(H,28,30). The van der Waals surface area contributed by atoms with E-state index in [1.165, 1.54) is 0 Å². The van der Waals surface area contributed by atoms with Gasteiger partial charge in [-0.3, -0.25) is 4.79 Å². The van der Waals surface area contributed by atoms with E-state index in [0.717, 1.165) is 21.9 Å². The molecule has 0 aliphatic heterocycles. The second-order valence-electron chi connectivity index (χ2n) is 7.26. The summed E-state index contributed by atoms with van der Waals surface area (Å²) in [5.41, 5.74) is 2.66. The maximum Gasteiger partial charge on any atom is 0.221 e. The van der Waals surface area contributed by atoms with Crippen molar-refractivity contribution in [3.8, 4) is 5.75 Å². The van der Waals surface area contributed by atoms with E-state index in [1.54, 1.807) is 18.2 Å². The number of nitrogens with one attached hydrogen (secondary N) is 1. The molecule has 30 heavy (non-hydrogen) atoms. The summed E-state index contributed by atoms with van der Waals surface area (Å²) in [7, 11) is 0. The van der Waals surface area contributed by atoms with Gasteiger partial charge in [-0.15, -0.1) is 0 Å². The largest absolute Gasteiger partial charge is 0.508 e. The molecule has 1 amide bonds. The van der Waals surface area contributed by atoms with E-state index in [2.05, 4.69) is 5.32 Å². The molecule has 3 nitrogen and oxygen atoms in total. The van der Waals surface area contributed by atoms with Gasteiger partial charge in [-0.25, -0.2) is 0 Å². The van der Waals surface area contributed by atoms with Crippen LogP contribution < -0.4 is 5.32 Å². The highest BCUT2D eigenvalue weighted by Crippen LogP contribution is 2.36. The molecule has 0 radical (unpaired) electrons. The zero-order valence-electron chi connectivity index (χ0n) is 16.4. The first-order valence-electron chi connectivity index (χ1n) is 9.91. The zero-order chi connectivity index (χ0) is 20.9. The monoisotopic (exact) mass is 415 g/mol. The van der Waals surface area contributed by atoms with E-state index in [1.807, 2.05) is 72.8 Å². The minimum Gasteiger partial charge on any atom is -0.508 e. The average Bonchev–Trinajstić information content (AvgIpc) is 2.78. The van der Waals surface area contributed by atoms with Gasteiger partial charge in [0.1, 0.15) is 5.75 Å². The number of carbonyl (C=O) groups excluding carboxylic acids is 1. The van der Waals surface area contributed by atoms with Crippen LogP contribution in [0.1, 0.15) is 29.2 Å². The first-order chi connectivity index (χ1) is 14.6. The topological polar surface area (TPSA) is 49.3 Å². The summed E-state index contributed by atoms with van der Waals surface area (Å²) >= 11 is 6.08. The molecule has 2 N–H and O–H groups in total.